The average Bonchev–Trinajstić information content (AvgIpc) is 2.36. The fraction of sp³-hybridized carbons (Fsp3) is 0.500. The number of amides is 1. The van der Waals surface area contributed by atoms with Crippen LogP contribution in [0.5, 0.6) is 0 Å². The molecule has 1 aliphatic rings. The lowest BCUT2D eigenvalue weighted by Crippen LogP contribution is -2.44. The molecule has 1 fully saturated rings. The van der Waals surface area contributed by atoms with Crippen LogP contribution < -0.4 is 5.73 Å². The summed E-state index contributed by atoms with van der Waals surface area (Å²) in [7, 11) is 0. The summed E-state index contributed by atoms with van der Waals surface area (Å²) in [6.07, 6.45) is 4.16. The van der Waals surface area contributed by atoms with Crippen molar-refractivity contribution in [2.24, 2.45) is 5.73 Å². The van der Waals surface area contributed by atoms with Crippen molar-refractivity contribution >= 4 is 5.91 Å². The number of carbonyl (C=O) groups excluding carboxylic acids is 1. The van der Waals surface area contributed by atoms with Crippen molar-refractivity contribution in [1.29, 1.82) is 0 Å². The van der Waals surface area contributed by atoms with Gasteiger partial charge in [0.1, 0.15) is 0 Å². The molecule has 1 saturated heterocycles. The van der Waals surface area contributed by atoms with E-state index in [1.165, 1.54) is 12.0 Å². The first kappa shape index (κ1) is 12.1. The minimum atomic E-state index is -0.306. The fourth-order valence-corrected chi connectivity index (χ4v) is 2.27. The molecular weight excluding hydrogens is 212 g/mol. The first-order valence-corrected chi connectivity index (χ1v) is 6.35. The number of nitrogens with zero attached hydrogens (tertiary/aromatic N) is 1. The van der Waals surface area contributed by atoms with Crippen LogP contribution >= 0.6 is 0 Å². The molecule has 0 aliphatic carbocycles. The topological polar surface area (TPSA) is 46.3 Å². The monoisotopic (exact) mass is 232 g/mol. The van der Waals surface area contributed by atoms with Gasteiger partial charge in [-0.2, -0.15) is 0 Å². The predicted molar refractivity (Wildman–Crippen MR) is 68.3 cm³/mol. The Kier molecular flexibility index (Phi) is 4.15. The normalized spacial score (nSPS) is 22.1. The molecule has 2 rings (SSSR count). The quantitative estimate of drug-likeness (QED) is 0.846. The van der Waals surface area contributed by atoms with Crippen LogP contribution in [0.3, 0.4) is 0 Å². The highest BCUT2D eigenvalue weighted by atomic mass is 16.2. The van der Waals surface area contributed by atoms with Crippen molar-refractivity contribution < 1.29 is 4.79 Å². The molecule has 1 amide bonds. The maximum Gasteiger partial charge on any atom is 0.239 e. The lowest BCUT2D eigenvalue weighted by Gasteiger charge is -2.28. The Bertz CT molecular complexity index is 364. The Balaban J connectivity index is 2.04. The van der Waals surface area contributed by atoms with E-state index in [2.05, 4.69) is 12.1 Å². The van der Waals surface area contributed by atoms with E-state index in [-0.39, 0.29) is 11.9 Å². The third-order valence-corrected chi connectivity index (χ3v) is 3.29. The van der Waals surface area contributed by atoms with Gasteiger partial charge in [0, 0.05) is 13.1 Å². The van der Waals surface area contributed by atoms with E-state index in [1.807, 2.05) is 23.1 Å². The van der Waals surface area contributed by atoms with E-state index in [4.69, 9.17) is 5.73 Å². The predicted octanol–water partition coefficient (Wildman–Crippen LogP) is 1.92. The zero-order valence-corrected chi connectivity index (χ0v) is 10.1. The zero-order valence-electron chi connectivity index (χ0n) is 10.1. The molecule has 1 heterocycles. The van der Waals surface area contributed by atoms with Crippen molar-refractivity contribution in [3.63, 3.8) is 0 Å². The second kappa shape index (κ2) is 5.82. The third-order valence-electron chi connectivity index (χ3n) is 3.29. The lowest BCUT2D eigenvalue weighted by molar-refractivity contribution is -0.133. The number of hydrogen-bond donors (Lipinski definition) is 1. The second-order valence-electron chi connectivity index (χ2n) is 4.70. The van der Waals surface area contributed by atoms with E-state index >= 15 is 0 Å². The summed E-state index contributed by atoms with van der Waals surface area (Å²) >= 11 is 0. The zero-order chi connectivity index (χ0) is 12.1. The van der Waals surface area contributed by atoms with Crippen LogP contribution in [-0.2, 0) is 11.3 Å². The summed E-state index contributed by atoms with van der Waals surface area (Å²) in [5.74, 6) is 0.105. The molecule has 0 aromatic heterocycles. The van der Waals surface area contributed by atoms with E-state index in [9.17, 15) is 4.79 Å². The van der Waals surface area contributed by atoms with E-state index in [0.717, 1.165) is 25.8 Å². The Morgan fingerprint density at radius 2 is 1.94 bits per heavy atom. The van der Waals surface area contributed by atoms with Crippen molar-refractivity contribution in [1.82, 2.24) is 4.90 Å². The highest BCUT2D eigenvalue weighted by Gasteiger charge is 2.22. The number of benzene rings is 1. The number of carbonyl (C=O) groups is 1. The van der Waals surface area contributed by atoms with Gasteiger partial charge in [0.2, 0.25) is 5.91 Å². The van der Waals surface area contributed by atoms with Gasteiger partial charge in [0.15, 0.2) is 0 Å². The SMILES string of the molecule is NC1CCCCCN(Cc2ccccc2)C1=O. The lowest BCUT2D eigenvalue weighted by atomic mass is 10.0. The molecule has 0 bridgehead atoms. The third kappa shape index (κ3) is 3.30. The van der Waals surface area contributed by atoms with Gasteiger partial charge in [-0.25, -0.2) is 0 Å². The van der Waals surface area contributed by atoms with Crippen LogP contribution in [0.25, 0.3) is 0 Å². The van der Waals surface area contributed by atoms with Gasteiger partial charge in [-0.3, -0.25) is 4.79 Å². The van der Waals surface area contributed by atoms with Gasteiger partial charge in [0.05, 0.1) is 6.04 Å². The Hall–Kier alpha value is -1.35. The van der Waals surface area contributed by atoms with Crippen LogP contribution in [0.15, 0.2) is 30.3 Å². The maximum absolute atomic E-state index is 12.1. The van der Waals surface area contributed by atoms with Crippen molar-refractivity contribution in [2.45, 2.75) is 38.3 Å². The molecule has 1 aromatic rings. The van der Waals surface area contributed by atoms with Crippen molar-refractivity contribution in [3.05, 3.63) is 35.9 Å². The van der Waals surface area contributed by atoms with E-state index in [0.29, 0.717) is 6.54 Å². The summed E-state index contributed by atoms with van der Waals surface area (Å²) < 4.78 is 0. The largest absolute Gasteiger partial charge is 0.337 e. The molecular formula is C14H20N2O. The highest BCUT2D eigenvalue weighted by Crippen LogP contribution is 2.14. The number of rotatable bonds is 2. The summed E-state index contributed by atoms with van der Waals surface area (Å²) in [5, 5.41) is 0. The Morgan fingerprint density at radius 1 is 1.18 bits per heavy atom. The molecule has 1 aromatic carbocycles. The number of hydrogen-bond acceptors (Lipinski definition) is 2. The van der Waals surface area contributed by atoms with Gasteiger partial charge < -0.3 is 10.6 Å². The first-order valence-electron chi connectivity index (χ1n) is 6.35. The standard InChI is InChI=1S/C14H20N2O/c15-13-9-5-2-6-10-16(14(13)17)11-12-7-3-1-4-8-12/h1,3-4,7-8,13H,2,5-6,9-11,15H2. The summed E-state index contributed by atoms with van der Waals surface area (Å²) in [6, 6.07) is 9.80. The molecule has 1 aliphatic heterocycles. The molecule has 17 heavy (non-hydrogen) atoms. The molecule has 1 atom stereocenters. The smallest absolute Gasteiger partial charge is 0.239 e. The van der Waals surface area contributed by atoms with E-state index in [1.54, 1.807) is 0 Å². The molecule has 3 nitrogen and oxygen atoms in total. The Labute approximate surface area is 103 Å². The summed E-state index contributed by atoms with van der Waals surface area (Å²) in [6.45, 7) is 1.52. The van der Waals surface area contributed by atoms with Gasteiger partial charge in [-0.05, 0) is 18.4 Å². The van der Waals surface area contributed by atoms with Gasteiger partial charge in [-0.15, -0.1) is 0 Å². The molecule has 3 heteroatoms. The molecule has 0 saturated carbocycles. The average molecular weight is 232 g/mol. The van der Waals surface area contributed by atoms with Crippen molar-refractivity contribution in [3.8, 4) is 0 Å². The number of nitrogens with two attached hydrogens (primary N) is 1. The molecule has 0 spiro atoms. The summed E-state index contributed by atoms with van der Waals surface area (Å²) in [4.78, 5) is 14.0. The molecule has 1 unspecified atom stereocenters. The number of likely N-dealkylation sites (tertiary alicyclic amines) is 1. The fourth-order valence-electron chi connectivity index (χ4n) is 2.27. The minimum Gasteiger partial charge on any atom is -0.337 e. The second-order valence-corrected chi connectivity index (χ2v) is 4.70. The first-order chi connectivity index (χ1) is 8.27. The molecule has 92 valence electrons. The van der Waals surface area contributed by atoms with Crippen LogP contribution in [0, 0.1) is 0 Å². The van der Waals surface area contributed by atoms with Crippen LogP contribution in [-0.4, -0.2) is 23.4 Å². The van der Waals surface area contributed by atoms with E-state index < -0.39 is 0 Å². The van der Waals surface area contributed by atoms with Crippen molar-refractivity contribution in [2.75, 3.05) is 6.54 Å². The van der Waals surface area contributed by atoms with Crippen LogP contribution in [0.2, 0.25) is 0 Å². The van der Waals surface area contributed by atoms with Crippen LogP contribution in [0.4, 0.5) is 0 Å². The van der Waals surface area contributed by atoms with Gasteiger partial charge in [-0.1, -0.05) is 43.2 Å². The van der Waals surface area contributed by atoms with Gasteiger partial charge in [0.25, 0.3) is 0 Å². The van der Waals surface area contributed by atoms with Gasteiger partial charge >= 0.3 is 0 Å². The summed E-state index contributed by atoms with van der Waals surface area (Å²) in [5.41, 5.74) is 7.08. The molecule has 2 N–H and O–H groups in total. The Morgan fingerprint density at radius 3 is 2.71 bits per heavy atom. The minimum absolute atomic E-state index is 0.105. The maximum atomic E-state index is 12.1. The molecule has 0 radical (unpaired) electrons. The van der Waals surface area contributed by atoms with Crippen LogP contribution in [0.1, 0.15) is 31.2 Å². The highest BCUT2D eigenvalue weighted by molar-refractivity contribution is 5.81.